The van der Waals surface area contributed by atoms with Crippen LogP contribution in [0, 0.1) is 18.8 Å². The summed E-state index contributed by atoms with van der Waals surface area (Å²) in [6, 6.07) is 7.40. The summed E-state index contributed by atoms with van der Waals surface area (Å²) in [7, 11) is 1.76. The van der Waals surface area contributed by atoms with Gasteiger partial charge < -0.3 is 15.1 Å². The number of rotatable bonds is 3. The molecule has 0 bridgehead atoms. The molecule has 5 heteroatoms. The molecule has 20 heavy (non-hydrogen) atoms. The van der Waals surface area contributed by atoms with Gasteiger partial charge in [-0.25, -0.2) is 0 Å². The third-order valence-corrected chi connectivity index (χ3v) is 3.65. The quantitative estimate of drug-likeness (QED) is 0.881. The number of nitrogens with zero attached hydrogens (tertiary/aromatic N) is 1. The Morgan fingerprint density at radius 2 is 2.20 bits per heavy atom. The monoisotopic (exact) mass is 288 g/mol. The average molecular weight is 288 g/mol. The van der Waals surface area contributed by atoms with Crippen LogP contribution < -0.4 is 5.73 Å². The Morgan fingerprint density at radius 3 is 2.85 bits per heavy atom. The molecule has 0 aromatic carbocycles. The predicted octanol–water partition coefficient (Wildman–Crippen LogP) is 2.23. The molecule has 2 N–H and O–H groups in total. The first-order valence-corrected chi connectivity index (χ1v) is 7.01. The number of carbonyl (C=O) groups excluding carboxylic acids is 1. The number of aryl methyl sites for hydroxylation is 1. The molecule has 104 valence electrons. The van der Waals surface area contributed by atoms with Gasteiger partial charge >= 0.3 is 0 Å². The summed E-state index contributed by atoms with van der Waals surface area (Å²) in [6.45, 7) is 2.65. The van der Waals surface area contributed by atoms with Crippen molar-refractivity contribution >= 4 is 17.2 Å². The van der Waals surface area contributed by atoms with Crippen LogP contribution in [0.3, 0.4) is 0 Å². The fourth-order valence-electron chi connectivity index (χ4n) is 1.72. The highest BCUT2D eigenvalue weighted by atomic mass is 32.1. The van der Waals surface area contributed by atoms with Gasteiger partial charge in [-0.05, 0) is 31.2 Å². The summed E-state index contributed by atoms with van der Waals surface area (Å²) in [5.74, 6) is 7.29. The molecule has 0 saturated carbocycles. The smallest absolute Gasteiger partial charge is 0.264 e. The van der Waals surface area contributed by atoms with E-state index in [-0.39, 0.29) is 5.91 Å². The molecule has 0 fully saturated rings. The number of hydrogen-bond donors (Lipinski definition) is 1. The van der Waals surface area contributed by atoms with Gasteiger partial charge in [-0.1, -0.05) is 11.8 Å². The second kappa shape index (κ2) is 6.42. The number of carbonyl (C=O) groups is 1. The number of nitrogens with two attached hydrogens (primary N) is 1. The lowest BCUT2D eigenvalue weighted by Crippen LogP contribution is -2.25. The maximum absolute atomic E-state index is 12.3. The standard InChI is InChI=1S/C15H16N2O2S/c1-11-5-6-12(19-11)10-17(2)15(18)14-8-7-13(20-14)4-3-9-16/h5-8H,9-10,16H2,1-2H3. The zero-order valence-corrected chi connectivity index (χ0v) is 12.3. The molecular formula is C15H16N2O2S. The first kappa shape index (κ1) is 14.4. The molecule has 0 aliphatic carbocycles. The largest absolute Gasteiger partial charge is 0.464 e. The van der Waals surface area contributed by atoms with E-state index in [2.05, 4.69) is 11.8 Å². The summed E-state index contributed by atoms with van der Waals surface area (Å²) in [6.07, 6.45) is 0. The summed E-state index contributed by atoms with van der Waals surface area (Å²) in [5.41, 5.74) is 5.32. The van der Waals surface area contributed by atoms with Crippen LogP contribution in [-0.2, 0) is 6.54 Å². The third-order valence-electron chi connectivity index (χ3n) is 2.67. The molecule has 2 rings (SSSR count). The summed E-state index contributed by atoms with van der Waals surface area (Å²) >= 11 is 1.37. The van der Waals surface area contributed by atoms with Gasteiger partial charge in [-0.2, -0.15) is 0 Å². The molecule has 2 aromatic rings. The van der Waals surface area contributed by atoms with Crippen molar-refractivity contribution in [3.05, 3.63) is 45.5 Å². The van der Waals surface area contributed by atoms with Crippen molar-refractivity contribution in [2.45, 2.75) is 13.5 Å². The van der Waals surface area contributed by atoms with Crippen molar-refractivity contribution in [1.82, 2.24) is 4.90 Å². The minimum atomic E-state index is -0.0372. The van der Waals surface area contributed by atoms with Gasteiger partial charge in [0.2, 0.25) is 0 Å². The molecule has 0 unspecified atom stereocenters. The fourth-order valence-corrected chi connectivity index (χ4v) is 2.60. The van der Waals surface area contributed by atoms with E-state index in [1.54, 1.807) is 18.0 Å². The lowest BCUT2D eigenvalue weighted by atomic mass is 10.3. The summed E-state index contributed by atoms with van der Waals surface area (Å²) in [5, 5.41) is 0. The van der Waals surface area contributed by atoms with Gasteiger partial charge in [-0.3, -0.25) is 4.79 Å². The Balaban J connectivity index is 2.04. The van der Waals surface area contributed by atoms with Crippen LogP contribution in [0.2, 0.25) is 0 Å². The maximum atomic E-state index is 12.3. The maximum Gasteiger partial charge on any atom is 0.264 e. The highest BCUT2D eigenvalue weighted by Gasteiger charge is 2.15. The van der Waals surface area contributed by atoms with E-state index in [1.807, 2.05) is 25.1 Å². The lowest BCUT2D eigenvalue weighted by Gasteiger charge is -2.14. The van der Waals surface area contributed by atoms with Gasteiger partial charge in [0.25, 0.3) is 5.91 Å². The SMILES string of the molecule is Cc1ccc(CN(C)C(=O)c2ccc(C#CCN)s2)o1. The van der Waals surface area contributed by atoms with Gasteiger partial charge in [0.05, 0.1) is 22.8 Å². The second-order valence-electron chi connectivity index (χ2n) is 4.34. The molecule has 4 nitrogen and oxygen atoms in total. The predicted molar refractivity (Wildman–Crippen MR) is 79.5 cm³/mol. The van der Waals surface area contributed by atoms with Crippen LogP contribution in [0.25, 0.3) is 0 Å². The molecule has 1 amide bonds. The normalized spacial score (nSPS) is 9.95. The van der Waals surface area contributed by atoms with Gasteiger partial charge in [-0.15, -0.1) is 11.3 Å². The van der Waals surface area contributed by atoms with E-state index < -0.39 is 0 Å². The zero-order chi connectivity index (χ0) is 14.5. The van der Waals surface area contributed by atoms with E-state index in [0.717, 1.165) is 16.4 Å². The second-order valence-corrected chi connectivity index (χ2v) is 5.43. The van der Waals surface area contributed by atoms with E-state index in [4.69, 9.17) is 10.2 Å². The molecule has 0 spiro atoms. The number of thiophene rings is 1. The van der Waals surface area contributed by atoms with Crippen molar-refractivity contribution in [3.8, 4) is 11.8 Å². The number of amides is 1. The van der Waals surface area contributed by atoms with Crippen molar-refractivity contribution < 1.29 is 9.21 Å². The molecule has 0 aliphatic heterocycles. The van der Waals surface area contributed by atoms with E-state index in [1.165, 1.54) is 11.3 Å². The minimum absolute atomic E-state index is 0.0372. The zero-order valence-electron chi connectivity index (χ0n) is 11.5. The van der Waals surface area contributed by atoms with Crippen molar-refractivity contribution in [3.63, 3.8) is 0 Å². The number of hydrogen-bond acceptors (Lipinski definition) is 4. The molecule has 0 aliphatic rings. The topological polar surface area (TPSA) is 59.5 Å². The number of furan rings is 1. The molecular weight excluding hydrogens is 272 g/mol. The molecule has 0 atom stereocenters. The first-order chi connectivity index (χ1) is 9.60. The summed E-state index contributed by atoms with van der Waals surface area (Å²) < 4.78 is 5.47. The van der Waals surface area contributed by atoms with E-state index >= 15 is 0 Å². The Kier molecular flexibility index (Phi) is 4.61. The molecule has 2 heterocycles. The lowest BCUT2D eigenvalue weighted by molar-refractivity contribution is 0.0780. The molecule has 0 saturated heterocycles. The van der Waals surface area contributed by atoms with E-state index in [0.29, 0.717) is 18.0 Å². The Morgan fingerprint density at radius 1 is 1.40 bits per heavy atom. The Hall–Kier alpha value is -2.03. The minimum Gasteiger partial charge on any atom is -0.464 e. The Labute approximate surface area is 122 Å². The van der Waals surface area contributed by atoms with Crippen LogP contribution in [0.15, 0.2) is 28.7 Å². The van der Waals surface area contributed by atoms with E-state index in [9.17, 15) is 4.79 Å². The van der Waals surface area contributed by atoms with Crippen LogP contribution in [0.4, 0.5) is 0 Å². The van der Waals surface area contributed by atoms with Crippen molar-refractivity contribution in [2.24, 2.45) is 5.73 Å². The van der Waals surface area contributed by atoms with Crippen molar-refractivity contribution in [2.75, 3.05) is 13.6 Å². The fraction of sp³-hybridized carbons (Fsp3) is 0.267. The Bertz CT molecular complexity index is 661. The van der Waals surface area contributed by atoms with Crippen LogP contribution in [0.5, 0.6) is 0 Å². The van der Waals surface area contributed by atoms with Crippen LogP contribution >= 0.6 is 11.3 Å². The van der Waals surface area contributed by atoms with Gasteiger partial charge in [0, 0.05) is 7.05 Å². The average Bonchev–Trinajstić information content (AvgIpc) is 3.04. The molecule has 2 aromatic heterocycles. The summed E-state index contributed by atoms with van der Waals surface area (Å²) in [4.78, 5) is 15.4. The first-order valence-electron chi connectivity index (χ1n) is 6.19. The van der Waals surface area contributed by atoms with Gasteiger partial charge in [0.15, 0.2) is 0 Å². The van der Waals surface area contributed by atoms with Crippen LogP contribution in [-0.4, -0.2) is 24.4 Å². The highest BCUT2D eigenvalue weighted by molar-refractivity contribution is 7.14. The van der Waals surface area contributed by atoms with Crippen molar-refractivity contribution in [1.29, 1.82) is 0 Å². The highest BCUT2D eigenvalue weighted by Crippen LogP contribution is 2.18. The third kappa shape index (κ3) is 3.50. The van der Waals surface area contributed by atoms with Gasteiger partial charge in [0.1, 0.15) is 11.5 Å². The molecule has 0 radical (unpaired) electrons. The van der Waals surface area contributed by atoms with Crippen LogP contribution in [0.1, 0.15) is 26.1 Å².